The summed E-state index contributed by atoms with van der Waals surface area (Å²) in [5.41, 5.74) is 22.0. The molecule has 308 valence electrons. The van der Waals surface area contributed by atoms with Gasteiger partial charge in [-0.25, -0.2) is 0 Å². The number of hydrogen-bond donors (Lipinski definition) is 0. The predicted molar refractivity (Wildman–Crippen MR) is 246 cm³/mol. The predicted octanol–water partition coefficient (Wildman–Crippen LogP) is 14.5. The molecule has 16 rings (SSSR count). The summed E-state index contributed by atoms with van der Waals surface area (Å²) in [4.78, 5) is 11.4. The molecule has 3 heteroatoms. The minimum atomic E-state index is -0.132. The molecule has 10 aliphatic carbocycles. The van der Waals surface area contributed by atoms with Gasteiger partial charge in [0.25, 0.3) is 0 Å². The second-order valence-electron chi connectivity index (χ2n) is 26.3. The van der Waals surface area contributed by atoms with E-state index in [4.69, 9.17) is 9.97 Å². The molecular formula is C57H65N3. The van der Waals surface area contributed by atoms with Crippen molar-refractivity contribution in [3.63, 3.8) is 0 Å². The monoisotopic (exact) mass is 792 g/mol. The lowest BCUT2D eigenvalue weighted by Crippen LogP contribution is -2.50. The molecule has 5 saturated carbocycles. The number of aromatic nitrogens is 3. The van der Waals surface area contributed by atoms with Crippen molar-refractivity contribution in [1.29, 1.82) is 0 Å². The van der Waals surface area contributed by atoms with Gasteiger partial charge in [0.2, 0.25) is 0 Å². The molecule has 10 aliphatic rings. The van der Waals surface area contributed by atoms with E-state index in [-0.39, 0.29) is 27.1 Å². The van der Waals surface area contributed by atoms with Gasteiger partial charge in [-0.15, -0.1) is 0 Å². The van der Waals surface area contributed by atoms with E-state index in [1.807, 2.05) is 0 Å². The van der Waals surface area contributed by atoms with Gasteiger partial charge in [0.1, 0.15) is 0 Å². The normalized spacial score (nSPS) is 35.9. The van der Waals surface area contributed by atoms with Gasteiger partial charge in [-0.05, 0) is 171 Å². The van der Waals surface area contributed by atoms with Gasteiger partial charge in [0.05, 0.1) is 28.9 Å². The van der Waals surface area contributed by atoms with Crippen LogP contribution in [0.1, 0.15) is 214 Å². The average Bonchev–Trinajstić information content (AvgIpc) is 3.82. The lowest BCUT2D eigenvalue weighted by molar-refractivity contribution is 0.00321. The van der Waals surface area contributed by atoms with Crippen LogP contribution in [0.25, 0.3) is 49.2 Å². The maximum atomic E-state index is 5.74. The largest absolute Gasteiger partial charge is 0.305 e. The Kier molecular flexibility index (Phi) is 5.75. The Morgan fingerprint density at radius 2 is 1.03 bits per heavy atom. The first kappa shape index (κ1) is 35.1. The van der Waals surface area contributed by atoms with Crippen molar-refractivity contribution in [2.24, 2.45) is 29.1 Å². The first-order chi connectivity index (χ1) is 28.3. The lowest BCUT2D eigenvalue weighted by atomic mass is 9.46. The third kappa shape index (κ3) is 3.46. The van der Waals surface area contributed by atoms with E-state index in [2.05, 4.69) is 105 Å². The molecule has 0 aliphatic heterocycles. The van der Waals surface area contributed by atoms with Gasteiger partial charge < -0.3 is 4.40 Å². The van der Waals surface area contributed by atoms with Crippen LogP contribution >= 0.6 is 0 Å². The molecule has 4 heterocycles. The highest BCUT2D eigenvalue weighted by atomic mass is 15.0. The molecule has 7 bridgehead atoms. The van der Waals surface area contributed by atoms with Crippen LogP contribution in [-0.4, -0.2) is 14.4 Å². The molecule has 2 aromatic carbocycles. The molecule has 0 amide bonds. The number of nitrogens with zero attached hydrogens (tertiary/aromatic N) is 3. The Bertz CT molecular complexity index is 3020. The summed E-state index contributed by atoms with van der Waals surface area (Å²) >= 11 is 0. The van der Waals surface area contributed by atoms with Crippen molar-refractivity contribution in [3.8, 4) is 11.1 Å². The maximum Gasteiger partial charge on any atom is 0.0728 e. The molecule has 0 N–H and O–H groups in total. The van der Waals surface area contributed by atoms with Crippen molar-refractivity contribution >= 4 is 38.1 Å². The fraction of sp³-hybridized carbons (Fsp3) is 0.614. The summed E-state index contributed by atoms with van der Waals surface area (Å²) in [7, 11) is 0. The summed E-state index contributed by atoms with van der Waals surface area (Å²) in [6.45, 7) is 28.4. The second-order valence-corrected chi connectivity index (χ2v) is 26.3. The van der Waals surface area contributed by atoms with E-state index in [1.165, 1.54) is 97.7 Å². The zero-order valence-electron chi connectivity index (χ0n) is 38.3. The molecule has 4 aromatic heterocycles. The number of hydrogen-bond acceptors (Lipinski definition) is 2. The van der Waals surface area contributed by atoms with Crippen LogP contribution in [0.2, 0.25) is 0 Å². The summed E-state index contributed by atoms with van der Waals surface area (Å²) in [5.74, 6) is 6.09. The van der Waals surface area contributed by atoms with E-state index >= 15 is 0 Å². The standard InChI is InChI=1S/C57H65N3/c1-52(2,3)32-20-35-41-36(21-32)54(6,7)56(10,11)48-44(41)47(55(8,9)53(35,4)5)45-42-37(24-58-49-29-15-26-12-27(16-29)14-28(13-26)39(42)49)60-38-25-59-50-31-18-34-19-33-17-30(22-57(33,34)23-31)40(50)43(38)46(48)51(45)60/h20-21,24-31,33-34H,12-19,22-23H2,1-11H3. The third-order valence-corrected chi connectivity index (χ3v) is 22.2. The lowest BCUT2D eigenvalue weighted by Gasteiger charge is -2.57. The van der Waals surface area contributed by atoms with Gasteiger partial charge in [-0.1, -0.05) is 88.3 Å². The summed E-state index contributed by atoms with van der Waals surface area (Å²) in [5, 5.41) is 6.41. The molecule has 0 saturated heterocycles. The highest BCUT2D eigenvalue weighted by Crippen LogP contribution is 2.77. The minimum Gasteiger partial charge on any atom is -0.305 e. The van der Waals surface area contributed by atoms with E-state index in [0.717, 1.165) is 23.7 Å². The van der Waals surface area contributed by atoms with Crippen LogP contribution in [0, 0.1) is 29.1 Å². The van der Waals surface area contributed by atoms with Crippen LogP contribution in [0.15, 0.2) is 24.5 Å². The number of pyridine rings is 2. The van der Waals surface area contributed by atoms with Crippen LogP contribution in [0.3, 0.4) is 0 Å². The first-order valence-electron chi connectivity index (χ1n) is 24.7. The molecule has 1 spiro atoms. The zero-order valence-corrected chi connectivity index (χ0v) is 38.3. The molecule has 3 nitrogen and oxygen atoms in total. The topological polar surface area (TPSA) is 30.2 Å². The molecule has 0 radical (unpaired) electrons. The Hall–Kier alpha value is -3.46. The SMILES string of the molecule is CC(C)(C)c1cc2c3c(c1)C(C)(C)C(C)(C)c1c-3c(c3c4c5c(ncc4n4c6cnc7c(c6c1c34)C1CC3CC4CC7CC43C1)C1CC3CC(C1)CC5C3)C(C)(C)C2(C)C. The molecule has 7 unspecified atom stereocenters. The van der Waals surface area contributed by atoms with Gasteiger partial charge in [-0.2, -0.15) is 0 Å². The van der Waals surface area contributed by atoms with E-state index in [1.54, 1.807) is 66.1 Å². The molecule has 5 fully saturated rings. The third-order valence-electron chi connectivity index (χ3n) is 22.2. The quantitative estimate of drug-likeness (QED) is 0.153. The summed E-state index contributed by atoms with van der Waals surface area (Å²) < 4.78 is 2.80. The second kappa shape index (κ2) is 9.85. The van der Waals surface area contributed by atoms with Crippen molar-refractivity contribution in [2.75, 3.05) is 0 Å². The van der Waals surface area contributed by atoms with Gasteiger partial charge in [0.15, 0.2) is 0 Å². The van der Waals surface area contributed by atoms with E-state index in [0.29, 0.717) is 29.1 Å². The van der Waals surface area contributed by atoms with Crippen LogP contribution in [0.4, 0.5) is 0 Å². The van der Waals surface area contributed by atoms with Crippen LogP contribution in [0.5, 0.6) is 0 Å². The molecule has 60 heavy (non-hydrogen) atoms. The zero-order chi connectivity index (χ0) is 40.9. The fourth-order valence-electron chi connectivity index (χ4n) is 18.3. The average molecular weight is 792 g/mol. The van der Waals surface area contributed by atoms with Gasteiger partial charge in [-0.3, -0.25) is 9.97 Å². The summed E-state index contributed by atoms with van der Waals surface area (Å²) in [6, 6.07) is 5.37. The summed E-state index contributed by atoms with van der Waals surface area (Å²) in [6.07, 6.45) is 18.7. The highest BCUT2D eigenvalue weighted by Gasteiger charge is 2.66. The fourth-order valence-corrected chi connectivity index (χ4v) is 18.3. The van der Waals surface area contributed by atoms with Crippen molar-refractivity contribution < 1.29 is 0 Å². The Morgan fingerprint density at radius 1 is 0.533 bits per heavy atom. The van der Waals surface area contributed by atoms with Crippen LogP contribution in [-0.2, 0) is 27.1 Å². The van der Waals surface area contributed by atoms with Gasteiger partial charge in [0, 0.05) is 55.6 Å². The van der Waals surface area contributed by atoms with Gasteiger partial charge >= 0.3 is 0 Å². The van der Waals surface area contributed by atoms with Crippen molar-refractivity contribution in [2.45, 2.75) is 191 Å². The Morgan fingerprint density at radius 3 is 1.60 bits per heavy atom. The van der Waals surface area contributed by atoms with Crippen LogP contribution < -0.4 is 0 Å². The first-order valence-corrected chi connectivity index (χ1v) is 24.7. The van der Waals surface area contributed by atoms with E-state index < -0.39 is 0 Å². The maximum absolute atomic E-state index is 5.74. The molecular weight excluding hydrogens is 727 g/mol. The molecule has 6 aromatic rings. The number of fused-ring (bicyclic) bond motifs is 14. The number of benzene rings is 2. The van der Waals surface area contributed by atoms with Crippen molar-refractivity contribution in [3.05, 3.63) is 74.9 Å². The van der Waals surface area contributed by atoms with E-state index in [9.17, 15) is 0 Å². The highest BCUT2D eigenvalue weighted by molar-refractivity contribution is 6.29. The van der Waals surface area contributed by atoms with Crippen molar-refractivity contribution in [1.82, 2.24) is 14.4 Å². The molecule has 7 atom stereocenters. The Labute approximate surface area is 357 Å². The smallest absolute Gasteiger partial charge is 0.0728 e. The minimum absolute atomic E-state index is 0.0587. The Balaban J connectivity index is 1.21. The number of rotatable bonds is 0.